The Morgan fingerprint density at radius 3 is 2.37 bits per heavy atom. The molecule has 19 heavy (non-hydrogen) atoms. The van der Waals surface area contributed by atoms with E-state index in [1.165, 1.54) is 24.3 Å². The molecule has 0 spiro atoms. The lowest BCUT2D eigenvalue weighted by Crippen LogP contribution is -2.04. The van der Waals surface area contributed by atoms with Crippen molar-refractivity contribution in [1.29, 1.82) is 0 Å². The summed E-state index contributed by atoms with van der Waals surface area (Å²) < 4.78 is 18.1. The second-order valence-corrected chi connectivity index (χ2v) is 4.02. The molecular formula is C15H14FNO2. The fourth-order valence-electron chi connectivity index (χ4n) is 1.74. The van der Waals surface area contributed by atoms with Crippen molar-refractivity contribution in [2.75, 3.05) is 12.3 Å². The standard InChI is InChI=1S/C15H14FNO2/c1-2-19-14-8-5-11(9-13(14)17)15(18)10-3-6-12(16)7-4-10/h3-9H,2,17H2,1H3. The van der Waals surface area contributed by atoms with Crippen LogP contribution >= 0.6 is 0 Å². The normalized spacial score (nSPS) is 10.2. The smallest absolute Gasteiger partial charge is 0.193 e. The highest BCUT2D eigenvalue weighted by Crippen LogP contribution is 2.24. The molecule has 4 heteroatoms. The van der Waals surface area contributed by atoms with Gasteiger partial charge in [-0.15, -0.1) is 0 Å². The van der Waals surface area contributed by atoms with E-state index in [1.807, 2.05) is 6.92 Å². The average molecular weight is 259 g/mol. The van der Waals surface area contributed by atoms with Gasteiger partial charge in [-0.05, 0) is 49.4 Å². The zero-order valence-electron chi connectivity index (χ0n) is 10.5. The summed E-state index contributed by atoms with van der Waals surface area (Å²) in [5.74, 6) is -0.0179. The molecule has 0 heterocycles. The SMILES string of the molecule is CCOc1ccc(C(=O)c2ccc(F)cc2)cc1N. The number of hydrogen-bond donors (Lipinski definition) is 1. The van der Waals surface area contributed by atoms with E-state index in [2.05, 4.69) is 0 Å². The maximum atomic E-state index is 12.8. The van der Waals surface area contributed by atoms with Crippen molar-refractivity contribution in [3.8, 4) is 5.75 Å². The van der Waals surface area contributed by atoms with E-state index in [1.54, 1.807) is 18.2 Å². The van der Waals surface area contributed by atoms with Crippen LogP contribution in [-0.4, -0.2) is 12.4 Å². The highest BCUT2D eigenvalue weighted by atomic mass is 19.1. The number of anilines is 1. The molecule has 98 valence electrons. The van der Waals surface area contributed by atoms with Gasteiger partial charge in [0.05, 0.1) is 12.3 Å². The van der Waals surface area contributed by atoms with Crippen molar-refractivity contribution in [2.24, 2.45) is 0 Å². The molecule has 0 aliphatic carbocycles. The Hall–Kier alpha value is -2.36. The summed E-state index contributed by atoms with van der Waals surface area (Å²) in [7, 11) is 0. The molecule has 0 amide bonds. The summed E-state index contributed by atoms with van der Waals surface area (Å²) in [5.41, 5.74) is 7.09. The summed E-state index contributed by atoms with van der Waals surface area (Å²) in [5, 5.41) is 0. The lowest BCUT2D eigenvalue weighted by Gasteiger charge is -2.08. The fourth-order valence-corrected chi connectivity index (χ4v) is 1.74. The molecule has 2 N–H and O–H groups in total. The van der Waals surface area contributed by atoms with Gasteiger partial charge >= 0.3 is 0 Å². The topological polar surface area (TPSA) is 52.3 Å². The molecule has 0 unspecified atom stereocenters. The van der Waals surface area contributed by atoms with E-state index in [0.29, 0.717) is 29.2 Å². The van der Waals surface area contributed by atoms with Gasteiger partial charge < -0.3 is 10.5 Å². The van der Waals surface area contributed by atoms with Crippen LogP contribution in [0.25, 0.3) is 0 Å². The Morgan fingerprint density at radius 1 is 1.16 bits per heavy atom. The third kappa shape index (κ3) is 2.91. The van der Waals surface area contributed by atoms with E-state index in [4.69, 9.17) is 10.5 Å². The zero-order chi connectivity index (χ0) is 13.8. The van der Waals surface area contributed by atoms with Crippen LogP contribution < -0.4 is 10.5 Å². The fraction of sp³-hybridized carbons (Fsp3) is 0.133. The minimum atomic E-state index is -0.372. The number of halogens is 1. The van der Waals surface area contributed by atoms with Gasteiger partial charge in [0.15, 0.2) is 5.78 Å². The molecule has 0 bridgehead atoms. The molecular weight excluding hydrogens is 245 g/mol. The van der Waals surface area contributed by atoms with Crippen LogP contribution in [0.15, 0.2) is 42.5 Å². The number of nitrogens with two attached hydrogens (primary N) is 1. The molecule has 0 aliphatic heterocycles. The molecule has 2 rings (SSSR count). The average Bonchev–Trinajstić information content (AvgIpc) is 2.41. The summed E-state index contributed by atoms with van der Waals surface area (Å²) >= 11 is 0. The van der Waals surface area contributed by atoms with E-state index in [9.17, 15) is 9.18 Å². The monoisotopic (exact) mass is 259 g/mol. The Labute approximate surface area is 110 Å². The van der Waals surface area contributed by atoms with Gasteiger partial charge in [0.2, 0.25) is 0 Å². The maximum Gasteiger partial charge on any atom is 0.193 e. The third-order valence-electron chi connectivity index (χ3n) is 2.68. The van der Waals surface area contributed by atoms with Gasteiger partial charge in [-0.2, -0.15) is 0 Å². The predicted molar refractivity (Wildman–Crippen MR) is 71.9 cm³/mol. The summed E-state index contributed by atoms with van der Waals surface area (Å²) in [6.45, 7) is 2.37. The first-order valence-corrected chi connectivity index (χ1v) is 5.94. The van der Waals surface area contributed by atoms with Crippen LogP contribution in [0.3, 0.4) is 0 Å². The minimum Gasteiger partial charge on any atom is -0.492 e. The highest BCUT2D eigenvalue weighted by Gasteiger charge is 2.11. The van der Waals surface area contributed by atoms with Gasteiger partial charge in [0, 0.05) is 11.1 Å². The Bertz CT molecular complexity index is 594. The van der Waals surface area contributed by atoms with Crippen molar-refractivity contribution >= 4 is 11.5 Å². The van der Waals surface area contributed by atoms with Gasteiger partial charge in [-0.3, -0.25) is 4.79 Å². The van der Waals surface area contributed by atoms with Gasteiger partial charge in [-0.1, -0.05) is 0 Å². The number of benzene rings is 2. The second kappa shape index (κ2) is 5.52. The van der Waals surface area contributed by atoms with Crippen LogP contribution in [-0.2, 0) is 0 Å². The molecule has 0 saturated heterocycles. The van der Waals surface area contributed by atoms with Crippen LogP contribution in [0, 0.1) is 5.82 Å². The first-order chi connectivity index (χ1) is 9.11. The number of hydrogen-bond acceptors (Lipinski definition) is 3. The van der Waals surface area contributed by atoms with Crippen molar-refractivity contribution < 1.29 is 13.9 Å². The van der Waals surface area contributed by atoms with E-state index < -0.39 is 0 Å². The number of carbonyl (C=O) groups is 1. The first kappa shape index (κ1) is 13.1. The van der Waals surface area contributed by atoms with Gasteiger partial charge in [0.25, 0.3) is 0 Å². The highest BCUT2D eigenvalue weighted by molar-refractivity contribution is 6.09. The van der Waals surface area contributed by atoms with Crippen molar-refractivity contribution in [2.45, 2.75) is 6.92 Å². The number of ether oxygens (including phenoxy) is 1. The largest absolute Gasteiger partial charge is 0.492 e. The molecule has 0 radical (unpaired) electrons. The molecule has 0 aliphatic rings. The lowest BCUT2D eigenvalue weighted by molar-refractivity contribution is 0.103. The molecule has 0 saturated carbocycles. The lowest BCUT2D eigenvalue weighted by atomic mass is 10.0. The molecule has 0 aromatic heterocycles. The molecule has 0 fully saturated rings. The van der Waals surface area contributed by atoms with Crippen LogP contribution in [0.5, 0.6) is 5.75 Å². The van der Waals surface area contributed by atoms with E-state index in [0.717, 1.165) is 0 Å². The van der Waals surface area contributed by atoms with Crippen molar-refractivity contribution in [1.82, 2.24) is 0 Å². The quantitative estimate of drug-likeness (QED) is 0.678. The van der Waals surface area contributed by atoms with Gasteiger partial charge in [-0.25, -0.2) is 4.39 Å². The molecule has 3 nitrogen and oxygen atoms in total. The molecule has 0 atom stereocenters. The minimum absolute atomic E-state index is 0.199. The molecule has 2 aromatic rings. The Morgan fingerprint density at radius 2 is 1.79 bits per heavy atom. The molecule has 2 aromatic carbocycles. The first-order valence-electron chi connectivity index (χ1n) is 5.94. The summed E-state index contributed by atoms with van der Waals surface area (Å²) in [4.78, 5) is 12.2. The number of carbonyl (C=O) groups excluding carboxylic acids is 1. The van der Waals surface area contributed by atoms with Crippen LogP contribution in [0.4, 0.5) is 10.1 Å². The summed E-state index contributed by atoms with van der Waals surface area (Å²) in [6.07, 6.45) is 0. The second-order valence-electron chi connectivity index (χ2n) is 4.02. The van der Waals surface area contributed by atoms with Crippen LogP contribution in [0.2, 0.25) is 0 Å². The number of rotatable bonds is 4. The Balaban J connectivity index is 2.29. The number of nitrogen functional groups attached to an aromatic ring is 1. The van der Waals surface area contributed by atoms with E-state index in [-0.39, 0.29) is 11.6 Å². The zero-order valence-corrected chi connectivity index (χ0v) is 10.5. The maximum absolute atomic E-state index is 12.8. The van der Waals surface area contributed by atoms with Crippen molar-refractivity contribution in [3.63, 3.8) is 0 Å². The van der Waals surface area contributed by atoms with Crippen molar-refractivity contribution in [3.05, 3.63) is 59.4 Å². The summed E-state index contributed by atoms with van der Waals surface area (Å²) in [6, 6.07) is 10.3. The number of ketones is 1. The van der Waals surface area contributed by atoms with Crippen LogP contribution in [0.1, 0.15) is 22.8 Å². The third-order valence-corrected chi connectivity index (χ3v) is 2.68. The van der Waals surface area contributed by atoms with Gasteiger partial charge in [0.1, 0.15) is 11.6 Å². The Kier molecular flexibility index (Phi) is 3.80. The van der Waals surface area contributed by atoms with E-state index >= 15 is 0 Å². The predicted octanol–water partition coefficient (Wildman–Crippen LogP) is 3.04.